The average molecular weight is 195 g/mol. The average Bonchev–Trinajstić information content (AvgIpc) is 2.36. The van der Waals surface area contributed by atoms with Crippen LogP contribution >= 0.6 is 0 Å². The van der Waals surface area contributed by atoms with Crippen molar-refractivity contribution in [2.75, 3.05) is 0 Å². The number of aromatic amines is 1. The van der Waals surface area contributed by atoms with Crippen LogP contribution < -0.4 is 4.48 Å². The minimum atomic E-state index is 0.995. The van der Waals surface area contributed by atoms with Crippen molar-refractivity contribution in [2.45, 2.75) is 0 Å². The van der Waals surface area contributed by atoms with E-state index in [0.717, 1.165) is 15.5 Å². The third kappa shape index (κ3) is 0.745. The first-order chi connectivity index (χ1) is 4.88. The molecule has 2 rings (SSSR count). The van der Waals surface area contributed by atoms with E-state index >= 15 is 0 Å². The van der Waals surface area contributed by atoms with Gasteiger partial charge in [-0.1, -0.05) is 0 Å². The van der Waals surface area contributed by atoms with E-state index in [1.807, 2.05) is 12.3 Å². The number of nitrogens with zero attached hydrogens (tertiary/aromatic N) is 2. The van der Waals surface area contributed by atoms with Crippen LogP contribution in [0.15, 0.2) is 18.6 Å². The van der Waals surface area contributed by atoms with Crippen molar-refractivity contribution in [2.24, 2.45) is 0 Å². The van der Waals surface area contributed by atoms with Crippen LogP contribution in [0.1, 0.15) is 0 Å². The van der Waals surface area contributed by atoms with Crippen LogP contribution in [0, 0.1) is 0 Å². The summed E-state index contributed by atoms with van der Waals surface area (Å²) in [5.41, 5.74) is 2.05. The molecule has 0 aliphatic carbocycles. The SMILES string of the molecule is [AsH2]c1ncnc2cc[nH]c12. The second-order valence-electron chi connectivity index (χ2n) is 2.00. The third-order valence-electron chi connectivity index (χ3n) is 1.37. The molecule has 0 bridgehead atoms. The Balaban J connectivity index is 2.95. The molecule has 50 valence electrons. The predicted octanol–water partition coefficient (Wildman–Crippen LogP) is -0.784. The molecule has 1 unspecified atom stereocenters. The molecule has 2 aromatic rings. The first-order valence-corrected chi connectivity index (χ1v) is 4.12. The molecule has 0 radical (unpaired) electrons. The summed E-state index contributed by atoms with van der Waals surface area (Å²) in [6, 6.07) is 1.94. The van der Waals surface area contributed by atoms with Gasteiger partial charge in [-0.25, -0.2) is 0 Å². The van der Waals surface area contributed by atoms with Crippen LogP contribution in [0.2, 0.25) is 0 Å². The Morgan fingerprint density at radius 3 is 3.10 bits per heavy atom. The van der Waals surface area contributed by atoms with E-state index in [0.29, 0.717) is 0 Å². The van der Waals surface area contributed by atoms with Crippen molar-refractivity contribution in [3.63, 3.8) is 0 Å². The van der Waals surface area contributed by atoms with Gasteiger partial charge in [0, 0.05) is 0 Å². The molecule has 0 aliphatic heterocycles. The van der Waals surface area contributed by atoms with Gasteiger partial charge in [0.25, 0.3) is 0 Å². The normalized spacial score (nSPS) is 10.5. The predicted molar refractivity (Wildman–Crippen MR) is 42.1 cm³/mol. The quantitative estimate of drug-likeness (QED) is 0.560. The molecule has 0 amide bonds. The van der Waals surface area contributed by atoms with E-state index in [9.17, 15) is 0 Å². The number of hydrogen-bond acceptors (Lipinski definition) is 2. The van der Waals surface area contributed by atoms with Crippen molar-refractivity contribution < 1.29 is 0 Å². The number of hydrogen-bond donors (Lipinski definition) is 1. The van der Waals surface area contributed by atoms with Gasteiger partial charge in [-0.2, -0.15) is 0 Å². The Morgan fingerprint density at radius 1 is 1.40 bits per heavy atom. The third-order valence-corrected chi connectivity index (χ3v) is 2.29. The van der Waals surface area contributed by atoms with Gasteiger partial charge in [-0.15, -0.1) is 0 Å². The van der Waals surface area contributed by atoms with Gasteiger partial charge in [0.05, 0.1) is 0 Å². The molecule has 4 heteroatoms. The Morgan fingerprint density at radius 2 is 2.30 bits per heavy atom. The monoisotopic (exact) mass is 195 g/mol. The molecular weight excluding hydrogens is 189 g/mol. The zero-order valence-electron chi connectivity index (χ0n) is 5.20. The minimum absolute atomic E-state index is 0.995. The van der Waals surface area contributed by atoms with Crippen molar-refractivity contribution in [1.82, 2.24) is 15.0 Å². The molecule has 2 heterocycles. The fraction of sp³-hybridized carbons (Fsp3) is 0. The molecule has 0 aromatic carbocycles. The van der Waals surface area contributed by atoms with Crippen molar-refractivity contribution in [1.29, 1.82) is 0 Å². The topological polar surface area (TPSA) is 41.6 Å². The summed E-state index contributed by atoms with van der Waals surface area (Å²) in [5.74, 6) is 0. The Hall–Kier alpha value is -0.822. The second kappa shape index (κ2) is 2.10. The molecule has 1 N–H and O–H groups in total. The van der Waals surface area contributed by atoms with E-state index in [2.05, 4.69) is 15.0 Å². The van der Waals surface area contributed by atoms with Gasteiger partial charge in [-0.05, 0) is 0 Å². The molecule has 0 aliphatic rings. The summed E-state index contributed by atoms with van der Waals surface area (Å²) >= 11 is 1.51. The molecule has 0 saturated heterocycles. The molecule has 10 heavy (non-hydrogen) atoms. The second-order valence-corrected chi connectivity index (χ2v) is 3.14. The number of H-pyrrole nitrogens is 1. The molecule has 3 nitrogen and oxygen atoms in total. The van der Waals surface area contributed by atoms with E-state index in [1.165, 1.54) is 16.9 Å². The molecular formula is C6H6AsN3. The van der Waals surface area contributed by atoms with Crippen LogP contribution in [-0.2, 0) is 0 Å². The summed E-state index contributed by atoms with van der Waals surface area (Å²) in [6.07, 6.45) is 3.47. The first-order valence-electron chi connectivity index (χ1n) is 2.91. The summed E-state index contributed by atoms with van der Waals surface area (Å²) < 4.78 is 1.06. The van der Waals surface area contributed by atoms with Crippen LogP contribution in [0.25, 0.3) is 11.0 Å². The van der Waals surface area contributed by atoms with E-state index in [-0.39, 0.29) is 0 Å². The molecule has 0 saturated carbocycles. The van der Waals surface area contributed by atoms with Crippen molar-refractivity contribution in [3.8, 4) is 0 Å². The van der Waals surface area contributed by atoms with Crippen molar-refractivity contribution >= 4 is 32.4 Å². The molecule has 0 spiro atoms. The van der Waals surface area contributed by atoms with Gasteiger partial charge in [-0.3, -0.25) is 0 Å². The maximum absolute atomic E-state index is 4.07. The van der Waals surface area contributed by atoms with Gasteiger partial charge < -0.3 is 0 Å². The molecule has 1 atom stereocenters. The van der Waals surface area contributed by atoms with Crippen LogP contribution in [-0.4, -0.2) is 31.8 Å². The van der Waals surface area contributed by atoms with E-state index in [4.69, 9.17) is 0 Å². The molecule has 2 aromatic heterocycles. The summed E-state index contributed by atoms with van der Waals surface area (Å²) in [6.45, 7) is 0. The number of aromatic nitrogens is 3. The zero-order chi connectivity index (χ0) is 6.97. The molecule has 0 fully saturated rings. The van der Waals surface area contributed by atoms with E-state index in [1.54, 1.807) is 6.33 Å². The van der Waals surface area contributed by atoms with Crippen LogP contribution in [0.3, 0.4) is 0 Å². The number of rotatable bonds is 0. The van der Waals surface area contributed by atoms with Gasteiger partial charge in [0.15, 0.2) is 0 Å². The Kier molecular flexibility index (Phi) is 1.24. The van der Waals surface area contributed by atoms with Gasteiger partial charge in [0.2, 0.25) is 0 Å². The zero-order valence-corrected chi connectivity index (χ0v) is 7.63. The van der Waals surface area contributed by atoms with Crippen molar-refractivity contribution in [3.05, 3.63) is 18.6 Å². The summed E-state index contributed by atoms with van der Waals surface area (Å²) in [5, 5.41) is 0. The number of fused-ring (bicyclic) bond motifs is 1. The Labute approximate surface area is 66.4 Å². The summed E-state index contributed by atoms with van der Waals surface area (Å²) in [4.78, 5) is 11.2. The van der Waals surface area contributed by atoms with Crippen LogP contribution in [0.5, 0.6) is 0 Å². The fourth-order valence-electron chi connectivity index (χ4n) is 0.892. The number of nitrogens with one attached hydrogen (secondary N) is 1. The van der Waals surface area contributed by atoms with Gasteiger partial charge >= 0.3 is 65.9 Å². The van der Waals surface area contributed by atoms with E-state index < -0.39 is 0 Å². The standard InChI is InChI=1S/C6H6AsN3/c7-6-5-4(1-2-8-5)9-3-10-6/h1-3,8H,7H2. The maximum atomic E-state index is 4.07. The van der Waals surface area contributed by atoms with Gasteiger partial charge in [0.1, 0.15) is 0 Å². The fourth-order valence-corrected chi connectivity index (χ4v) is 1.52. The summed E-state index contributed by atoms with van der Waals surface area (Å²) in [7, 11) is 0. The van der Waals surface area contributed by atoms with Crippen LogP contribution in [0.4, 0.5) is 0 Å². The Bertz CT molecular complexity index is 355. The first kappa shape index (κ1) is 5.93.